The van der Waals surface area contributed by atoms with E-state index in [-0.39, 0.29) is 6.04 Å². The number of carboxylic acid groups (broad SMARTS) is 1. The zero-order chi connectivity index (χ0) is 12.3. The van der Waals surface area contributed by atoms with Gasteiger partial charge in [0.2, 0.25) is 0 Å². The highest BCUT2D eigenvalue weighted by molar-refractivity contribution is 8.00. The lowest BCUT2D eigenvalue weighted by atomic mass is 9.87. The molecule has 0 aromatic heterocycles. The highest BCUT2D eigenvalue weighted by Crippen LogP contribution is 2.43. The smallest absolute Gasteiger partial charge is 0.320 e. The first-order valence-corrected chi connectivity index (χ1v) is 7.76. The SMILES string of the molecule is CCC(C(=O)O)N1CCSC2(CCCCC2)C1. The van der Waals surface area contributed by atoms with Crippen molar-refractivity contribution in [1.29, 1.82) is 0 Å². The zero-order valence-corrected chi connectivity index (χ0v) is 11.5. The van der Waals surface area contributed by atoms with Crippen LogP contribution in [0.5, 0.6) is 0 Å². The molecule has 0 aromatic carbocycles. The van der Waals surface area contributed by atoms with Crippen LogP contribution in [0, 0.1) is 0 Å². The molecule has 4 heteroatoms. The summed E-state index contributed by atoms with van der Waals surface area (Å²) in [4.78, 5) is 13.5. The fourth-order valence-corrected chi connectivity index (χ4v) is 4.82. The molecule has 17 heavy (non-hydrogen) atoms. The van der Waals surface area contributed by atoms with Crippen molar-refractivity contribution in [2.45, 2.75) is 56.2 Å². The summed E-state index contributed by atoms with van der Waals surface area (Å²) in [6.07, 6.45) is 7.29. The predicted molar refractivity (Wildman–Crippen MR) is 71.6 cm³/mol. The van der Waals surface area contributed by atoms with Crippen LogP contribution in [-0.2, 0) is 4.79 Å². The highest BCUT2D eigenvalue weighted by atomic mass is 32.2. The lowest BCUT2D eigenvalue weighted by Gasteiger charge is -2.46. The Balaban J connectivity index is 2.02. The van der Waals surface area contributed by atoms with Crippen molar-refractivity contribution >= 4 is 17.7 Å². The van der Waals surface area contributed by atoms with Gasteiger partial charge in [-0.1, -0.05) is 26.2 Å². The number of rotatable bonds is 3. The first-order valence-electron chi connectivity index (χ1n) is 6.78. The largest absolute Gasteiger partial charge is 0.480 e. The number of hydrogen-bond donors (Lipinski definition) is 1. The summed E-state index contributed by atoms with van der Waals surface area (Å²) in [6, 6.07) is -0.269. The van der Waals surface area contributed by atoms with Crippen molar-refractivity contribution in [3.8, 4) is 0 Å². The van der Waals surface area contributed by atoms with Crippen LogP contribution >= 0.6 is 11.8 Å². The van der Waals surface area contributed by atoms with Crippen LogP contribution in [0.15, 0.2) is 0 Å². The molecule has 1 saturated heterocycles. The molecule has 98 valence electrons. The molecule has 2 aliphatic rings. The molecule has 1 aliphatic carbocycles. The number of aliphatic carboxylic acids is 1. The Labute approximate surface area is 108 Å². The van der Waals surface area contributed by atoms with E-state index in [1.807, 2.05) is 6.92 Å². The summed E-state index contributed by atoms with van der Waals surface area (Å²) >= 11 is 2.10. The van der Waals surface area contributed by atoms with E-state index in [4.69, 9.17) is 0 Å². The average molecular weight is 257 g/mol. The lowest BCUT2D eigenvalue weighted by molar-refractivity contribution is -0.143. The normalized spacial score (nSPS) is 26.9. The molecule has 2 rings (SSSR count). The van der Waals surface area contributed by atoms with Gasteiger partial charge in [-0.2, -0.15) is 11.8 Å². The molecule has 1 N–H and O–H groups in total. The summed E-state index contributed by atoms with van der Waals surface area (Å²) in [5, 5.41) is 9.26. The highest BCUT2D eigenvalue weighted by Gasteiger charge is 2.40. The van der Waals surface area contributed by atoms with Crippen LogP contribution in [0.2, 0.25) is 0 Å². The van der Waals surface area contributed by atoms with Gasteiger partial charge in [-0.3, -0.25) is 9.69 Å². The second-order valence-electron chi connectivity index (χ2n) is 5.32. The predicted octanol–water partition coefficient (Wildman–Crippen LogP) is 2.60. The van der Waals surface area contributed by atoms with Crippen LogP contribution in [-0.4, -0.2) is 45.6 Å². The fraction of sp³-hybridized carbons (Fsp3) is 0.923. The molecular formula is C13H23NO2S. The molecule has 1 atom stereocenters. The number of carbonyl (C=O) groups is 1. The standard InChI is InChI=1S/C13H23NO2S/c1-2-11(12(15)16)14-8-9-17-13(10-14)6-4-3-5-7-13/h11H,2-10H2,1H3,(H,15,16). The Morgan fingerprint density at radius 3 is 2.71 bits per heavy atom. The van der Waals surface area contributed by atoms with Crippen molar-refractivity contribution < 1.29 is 9.90 Å². The molecule has 1 spiro atoms. The Hall–Kier alpha value is -0.220. The lowest BCUT2D eigenvalue weighted by Crippen LogP contribution is -2.53. The first kappa shape index (κ1) is 13.2. The Morgan fingerprint density at radius 2 is 2.12 bits per heavy atom. The summed E-state index contributed by atoms with van der Waals surface area (Å²) in [5.74, 6) is 0.453. The maximum Gasteiger partial charge on any atom is 0.320 e. The minimum absolute atomic E-state index is 0.269. The minimum atomic E-state index is -0.648. The molecule has 1 aliphatic heterocycles. The average Bonchev–Trinajstić information content (AvgIpc) is 2.30. The second kappa shape index (κ2) is 5.61. The van der Waals surface area contributed by atoms with E-state index in [9.17, 15) is 9.90 Å². The molecular weight excluding hydrogens is 234 g/mol. The molecule has 0 bridgehead atoms. The van der Waals surface area contributed by atoms with Gasteiger partial charge >= 0.3 is 5.97 Å². The quantitative estimate of drug-likeness (QED) is 0.843. The third kappa shape index (κ3) is 2.97. The maximum absolute atomic E-state index is 11.3. The van der Waals surface area contributed by atoms with Crippen LogP contribution < -0.4 is 0 Å². The van der Waals surface area contributed by atoms with Gasteiger partial charge in [-0.15, -0.1) is 0 Å². The Bertz CT molecular complexity index is 271. The molecule has 0 aromatic rings. The number of hydrogen-bond acceptors (Lipinski definition) is 3. The van der Waals surface area contributed by atoms with E-state index >= 15 is 0 Å². The van der Waals surface area contributed by atoms with Crippen molar-refractivity contribution in [3.05, 3.63) is 0 Å². The molecule has 1 unspecified atom stereocenters. The van der Waals surface area contributed by atoms with Crippen molar-refractivity contribution in [1.82, 2.24) is 4.90 Å². The van der Waals surface area contributed by atoms with Crippen LogP contribution in [0.4, 0.5) is 0 Å². The van der Waals surface area contributed by atoms with E-state index in [2.05, 4.69) is 16.7 Å². The minimum Gasteiger partial charge on any atom is -0.480 e. The van der Waals surface area contributed by atoms with Gasteiger partial charge in [0.1, 0.15) is 6.04 Å². The van der Waals surface area contributed by atoms with E-state index < -0.39 is 5.97 Å². The molecule has 0 amide bonds. The monoisotopic (exact) mass is 257 g/mol. The Morgan fingerprint density at radius 1 is 1.41 bits per heavy atom. The van der Waals surface area contributed by atoms with Crippen LogP contribution in [0.3, 0.4) is 0 Å². The molecule has 2 fully saturated rings. The molecule has 1 heterocycles. The second-order valence-corrected chi connectivity index (χ2v) is 6.89. The van der Waals surface area contributed by atoms with Crippen molar-refractivity contribution in [2.75, 3.05) is 18.8 Å². The van der Waals surface area contributed by atoms with E-state index in [1.165, 1.54) is 32.1 Å². The van der Waals surface area contributed by atoms with Crippen molar-refractivity contribution in [2.24, 2.45) is 0 Å². The van der Waals surface area contributed by atoms with Crippen LogP contribution in [0.1, 0.15) is 45.4 Å². The van der Waals surface area contributed by atoms with Gasteiger partial charge in [-0.05, 0) is 19.3 Å². The molecule has 3 nitrogen and oxygen atoms in total. The molecule has 0 radical (unpaired) electrons. The van der Waals surface area contributed by atoms with E-state index in [1.54, 1.807) is 0 Å². The summed E-state index contributed by atoms with van der Waals surface area (Å²) in [5.41, 5.74) is 0. The van der Waals surface area contributed by atoms with Gasteiger partial charge in [0.25, 0.3) is 0 Å². The number of thioether (sulfide) groups is 1. The summed E-state index contributed by atoms with van der Waals surface area (Å²) < 4.78 is 0.374. The third-order valence-electron chi connectivity index (χ3n) is 4.16. The maximum atomic E-state index is 11.3. The Kier molecular flexibility index (Phi) is 4.36. The van der Waals surface area contributed by atoms with Crippen molar-refractivity contribution in [3.63, 3.8) is 0 Å². The van der Waals surface area contributed by atoms with Gasteiger partial charge in [0.15, 0.2) is 0 Å². The zero-order valence-electron chi connectivity index (χ0n) is 10.7. The number of carboxylic acids is 1. The third-order valence-corrected chi connectivity index (χ3v) is 5.69. The van der Waals surface area contributed by atoms with Crippen LogP contribution in [0.25, 0.3) is 0 Å². The van der Waals surface area contributed by atoms with E-state index in [0.29, 0.717) is 4.75 Å². The van der Waals surface area contributed by atoms with Gasteiger partial charge in [0.05, 0.1) is 0 Å². The first-order chi connectivity index (χ1) is 8.17. The topological polar surface area (TPSA) is 40.5 Å². The van der Waals surface area contributed by atoms with Gasteiger partial charge in [-0.25, -0.2) is 0 Å². The summed E-state index contributed by atoms with van der Waals surface area (Å²) in [6.45, 7) is 3.91. The molecule has 1 saturated carbocycles. The van der Waals surface area contributed by atoms with Gasteiger partial charge in [0, 0.05) is 23.6 Å². The number of nitrogens with zero attached hydrogens (tertiary/aromatic N) is 1. The summed E-state index contributed by atoms with van der Waals surface area (Å²) in [7, 11) is 0. The van der Waals surface area contributed by atoms with Gasteiger partial charge < -0.3 is 5.11 Å². The van der Waals surface area contributed by atoms with E-state index in [0.717, 1.165) is 25.3 Å². The fourth-order valence-electron chi connectivity index (χ4n) is 3.23.